The van der Waals surface area contributed by atoms with E-state index < -0.39 is 25.1 Å². The van der Waals surface area contributed by atoms with Gasteiger partial charge in [0.2, 0.25) is 11.8 Å². The molecule has 32 heavy (non-hydrogen) atoms. The van der Waals surface area contributed by atoms with E-state index in [0.29, 0.717) is 24.9 Å². The third-order valence-electron chi connectivity index (χ3n) is 7.75. The average Bonchev–Trinajstić information content (AvgIpc) is 3.04. The van der Waals surface area contributed by atoms with Crippen molar-refractivity contribution in [3.05, 3.63) is 40.9 Å². The normalized spacial score (nSPS) is 31.2. The molecule has 2 N–H and O–H groups in total. The van der Waals surface area contributed by atoms with E-state index in [1.165, 1.54) is 0 Å². The van der Waals surface area contributed by atoms with Gasteiger partial charge in [-0.05, 0) is 60.3 Å². The summed E-state index contributed by atoms with van der Waals surface area (Å²) in [6.45, 7) is 0.303. The number of imide groups is 1. The number of carbonyl (C=O) groups is 2. The second-order valence-corrected chi connectivity index (χ2v) is 9.58. The van der Waals surface area contributed by atoms with Crippen LogP contribution in [0.5, 0.6) is 5.75 Å². The molecule has 3 fully saturated rings. The molecule has 1 aromatic rings. The molecule has 170 valence electrons. The van der Waals surface area contributed by atoms with E-state index in [4.69, 9.17) is 9.39 Å². The lowest BCUT2D eigenvalue weighted by molar-refractivity contribution is -0.143. The molecule has 5 rings (SSSR count). The summed E-state index contributed by atoms with van der Waals surface area (Å²) in [5, 5.41) is 20.9. The number of benzene rings is 1. The first-order valence-corrected chi connectivity index (χ1v) is 11.7. The van der Waals surface area contributed by atoms with Crippen molar-refractivity contribution in [1.82, 2.24) is 4.90 Å². The predicted octanol–water partition coefficient (Wildman–Crippen LogP) is 2.77. The van der Waals surface area contributed by atoms with E-state index in [1.54, 1.807) is 30.2 Å². The summed E-state index contributed by atoms with van der Waals surface area (Å²) in [6, 6.07) is 6.79. The molecule has 0 unspecified atom stereocenters. The first-order chi connectivity index (χ1) is 15.5. The summed E-state index contributed by atoms with van der Waals surface area (Å²) in [5.74, 6) is -1.19. The number of aromatic hydroxyl groups is 1. The lowest BCUT2D eigenvalue weighted by Gasteiger charge is -2.42. The average molecular weight is 439 g/mol. The summed E-state index contributed by atoms with van der Waals surface area (Å²) in [5.41, 5.74) is 2.32. The Morgan fingerprint density at radius 2 is 1.94 bits per heavy atom. The van der Waals surface area contributed by atoms with Gasteiger partial charge in [0.1, 0.15) is 5.75 Å². The van der Waals surface area contributed by atoms with Crippen molar-refractivity contribution in [2.24, 2.45) is 17.8 Å². The minimum atomic E-state index is -1.17. The summed E-state index contributed by atoms with van der Waals surface area (Å²) >= 11 is 0. The molecule has 0 aromatic heterocycles. The van der Waals surface area contributed by atoms with Crippen molar-refractivity contribution in [3.63, 3.8) is 0 Å². The number of methoxy groups -OCH3 is 1. The van der Waals surface area contributed by atoms with Crippen LogP contribution >= 0.6 is 0 Å². The Hall–Kier alpha value is -2.16. The van der Waals surface area contributed by atoms with Crippen molar-refractivity contribution in [1.29, 1.82) is 0 Å². The zero-order chi connectivity index (χ0) is 22.4. The first kappa shape index (κ1) is 21.7. The number of nitrogens with zero attached hydrogens (tertiary/aromatic N) is 1. The van der Waals surface area contributed by atoms with Crippen molar-refractivity contribution in [3.8, 4) is 5.75 Å². The molecule has 7 nitrogen and oxygen atoms in total. The van der Waals surface area contributed by atoms with Crippen molar-refractivity contribution >= 4 is 18.9 Å². The minimum Gasteiger partial charge on any atom is -0.508 e. The fraction of sp³-hybridized carbons (Fsp3) is 0.583. The van der Waals surface area contributed by atoms with Gasteiger partial charge in [0.15, 0.2) is 0 Å². The molecular formula is C24H30BNO6. The number of hydrogen-bond donors (Lipinski definition) is 2. The van der Waals surface area contributed by atoms with E-state index >= 15 is 0 Å². The highest BCUT2D eigenvalue weighted by Gasteiger charge is 2.58. The largest absolute Gasteiger partial charge is 0.508 e. The highest BCUT2D eigenvalue weighted by Crippen LogP contribution is 2.52. The molecule has 2 heterocycles. The Balaban J connectivity index is 1.51. The van der Waals surface area contributed by atoms with Crippen molar-refractivity contribution in [2.75, 3.05) is 13.7 Å². The Bertz CT molecular complexity index is 942. The Kier molecular flexibility index (Phi) is 5.86. The molecule has 0 spiro atoms. The number of likely N-dealkylation sites (tertiary alicyclic amines) is 1. The summed E-state index contributed by atoms with van der Waals surface area (Å²) in [7, 11) is 0.426. The van der Waals surface area contributed by atoms with Gasteiger partial charge in [-0.25, -0.2) is 0 Å². The Morgan fingerprint density at radius 3 is 2.66 bits per heavy atom. The third-order valence-corrected chi connectivity index (χ3v) is 7.75. The molecule has 2 aliphatic heterocycles. The molecule has 2 saturated heterocycles. The van der Waals surface area contributed by atoms with Gasteiger partial charge in [-0.2, -0.15) is 0 Å². The van der Waals surface area contributed by atoms with Gasteiger partial charge in [-0.3, -0.25) is 14.5 Å². The second kappa shape index (κ2) is 8.65. The van der Waals surface area contributed by atoms with Gasteiger partial charge in [0.05, 0.1) is 24.5 Å². The van der Waals surface area contributed by atoms with Crippen LogP contribution in [0.25, 0.3) is 0 Å². The van der Waals surface area contributed by atoms with E-state index in [9.17, 15) is 19.7 Å². The van der Waals surface area contributed by atoms with E-state index in [0.717, 1.165) is 43.2 Å². The van der Waals surface area contributed by atoms with Crippen LogP contribution in [0.3, 0.4) is 0 Å². The lowest BCUT2D eigenvalue weighted by atomic mass is 9.55. The number of allylic oxidation sites excluding steroid dienone is 1. The van der Waals surface area contributed by atoms with Crippen molar-refractivity contribution in [2.45, 2.75) is 57.1 Å². The fourth-order valence-corrected chi connectivity index (χ4v) is 6.38. The van der Waals surface area contributed by atoms with Gasteiger partial charge in [-0.15, -0.1) is 0 Å². The van der Waals surface area contributed by atoms with Crippen LogP contribution in [0.4, 0.5) is 0 Å². The standard InChI is InChI=1S/C24H30BNO6/c1-31-13-15-11-19-21(24(29)26(23(19)28)16-7-3-2-4-8-16)18-12-20(32-25(30)22(15)18)14-6-5-9-17(27)10-14/h5-6,9-10,16,18-21,27,30H,2-4,7-8,11-13H2,1H3/t18-,19-,20-,21+/m0/s1. The van der Waals surface area contributed by atoms with Crippen LogP contribution in [-0.4, -0.2) is 53.7 Å². The lowest BCUT2D eigenvalue weighted by Crippen LogP contribution is -2.46. The van der Waals surface area contributed by atoms with Crippen LogP contribution in [0, 0.1) is 17.8 Å². The van der Waals surface area contributed by atoms with Gasteiger partial charge in [-0.1, -0.05) is 31.4 Å². The maximum Gasteiger partial charge on any atom is 0.487 e. The molecule has 0 radical (unpaired) electrons. The summed E-state index contributed by atoms with van der Waals surface area (Å²) in [6.07, 6.45) is 5.43. The molecule has 1 saturated carbocycles. The van der Waals surface area contributed by atoms with Gasteiger partial charge in [0.25, 0.3) is 0 Å². The summed E-state index contributed by atoms with van der Waals surface area (Å²) < 4.78 is 11.3. The Labute approximate surface area is 188 Å². The number of hydrogen-bond acceptors (Lipinski definition) is 6. The summed E-state index contributed by atoms with van der Waals surface area (Å²) in [4.78, 5) is 28.7. The van der Waals surface area contributed by atoms with E-state index in [-0.39, 0.29) is 29.5 Å². The number of carbonyl (C=O) groups excluding carboxylic acids is 2. The molecule has 4 aliphatic rings. The van der Waals surface area contributed by atoms with Gasteiger partial charge in [0, 0.05) is 13.2 Å². The van der Waals surface area contributed by atoms with Crippen LogP contribution in [-0.2, 0) is 19.0 Å². The molecule has 2 amide bonds. The van der Waals surface area contributed by atoms with E-state index in [2.05, 4.69) is 0 Å². The van der Waals surface area contributed by atoms with Crippen LogP contribution in [0.15, 0.2) is 35.3 Å². The fourth-order valence-electron chi connectivity index (χ4n) is 6.38. The number of fused-ring (bicyclic) bond motifs is 3. The highest BCUT2D eigenvalue weighted by molar-refractivity contribution is 6.53. The highest BCUT2D eigenvalue weighted by atomic mass is 16.5. The SMILES string of the molecule is COCC1=C2B(O)O[C@H](c3cccc(O)c3)C[C@H]2[C@H]2C(=O)N(C3CCCCC3)C(=O)[C@H]2C1. The van der Waals surface area contributed by atoms with Gasteiger partial charge < -0.3 is 19.5 Å². The van der Waals surface area contributed by atoms with Gasteiger partial charge >= 0.3 is 7.12 Å². The van der Waals surface area contributed by atoms with E-state index in [1.807, 2.05) is 6.07 Å². The molecule has 1 aromatic carbocycles. The molecule has 4 atom stereocenters. The predicted molar refractivity (Wildman–Crippen MR) is 117 cm³/mol. The minimum absolute atomic E-state index is 0.00435. The zero-order valence-electron chi connectivity index (χ0n) is 18.4. The number of rotatable bonds is 4. The number of phenolic OH excluding ortho intramolecular Hbond substituents is 1. The molecule has 2 aliphatic carbocycles. The van der Waals surface area contributed by atoms with Crippen LogP contribution in [0.2, 0.25) is 0 Å². The number of amides is 2. The Morgan fingerprint density at radius 1 is 1.16 bits per heavy atom. The van der Waals surface area contributed by atoms with Crippen molar-refractivity contribution < 1.29 is 29.1 Å². The topological polar surface area (TPSA) is 96.3 Å². The zero-order valence-corrected chi connectivity index (χ0v) is 18.4. The van der Waals surface area contributed by atoms with Crippen LogP contribution < -0.4 is 0 Å². The second-order valence-electron chi connectivity index (χ2n) is 9.58. The van der Waals surface area contributed by atoms with Crippen LogP contribution in [0.1, 0.15) is 56.6 Å². The monoisotopic (exact) mass is 439 g/mol. The maximum absolute atomic E-state index is 13.7. The number of ether oxygens (including phenoxy) is 1. The molecular weight excluding hydrogens is 409 g/mol. The molecule has 0 bridgehead atoms. The quantitative estimate of drug-likeness (QED) is 0.554. The maximum atomic E-state index is 13.7. The molecule has 8 heteroatoms. The first-order valence-electron chi connectivity index (χ1n) is 11.7. The number of phenols is 1. The third kappa shape index (κ3) is 3.58. The smallest absolute Gasteiger partial charge is 0.487 e.